The summed E-state index contributed by atoms with van der Waals surface area (Å²) in [6, 6.07) is 8.57. The third-order valence-corrected chi connectivity index (χ3v) is 4.97. The number of nitrogens with one attached hydrogen (secondary N) is 2. The van der Waals surface area contributed by atoms with Crippen molar-refractivity contribution in [3.05, 3.63) is 30.2 Å². The van der Waals surface area contributed by atoms with Gasteiger partial charge in [-0.15, -0.1) is 0 Å². The van der Waals surface area contributed by atoms with Crippen LogP contribution in [0.25, 0.3) is 11.2 Å². The van der Waals surface area contributed by atoms with Crippen molar-refractivity contribution in [3.63, 3.8) is 0 Å². The molecule has 3 heterocycles. The van der Waals surface area contributed by atoms with Crippen molar-refractivity contribution < 1.29 is 0 Å². The molecule has 0 amide bonds. The molecule has 0 radical (unpaired) electrons. The number of pyridine rings is 1. The second-order valence-corrected chi connectivity index (χ2v) is 6.79. The monoisotopic (exact) mass is 335 g/mol. The van der Waals surface area contributed by atoms with E-state index < -0.39 is 0 Å². The van der Waals surface area contributed by atoms with Crippen molar-refractivity contribution in [2.24, 2.45) is 5.92 Å². The zero-order chi connectivity index (χ0) is 17.2. The van der Waals surface area contributed by atoms with Crippen LogP contribution in [0.4, 0.5) is 11.6 Å². The molecule has 3 aromatic rings. The third-order valence-electron chi connectivity index (χ3n) is 4.97. The molecule has 128 valence electrons. The fraction of sp³-hybridized carbons (Fsp3) is 0.444. The van der Waals surface area contributed by atoms with E-state index in [1.807, 2.05) is 31.5 Å². The number of hydrogen-bond donors (Lipinski definition) is 2. The van der Waals surface area contributed by atoms with Gasteiger partial charge in [-0.25, -0.2) is 9.97 Å². The number of fused-ring (bicyclic) bond motifs is 1. The second kappa shape index (κ2) is 6.55. The van der Waals surface area contributed by atoms with E-state index >= 15 is 0 Å². The van der Waals surface area contributed by atoms with E-state index in [0.717, 1.165) is 54.2 Å². The van der Waals surface area contributed by atoms with Gasteiger partial charge >= 0.3 is 0 Å². The first-order valence-corrected chi connectivity index (χ1v) is 8.72. The molecular formula is C18H21N7. The molecule has 0 saturated heterocycles. The van der Waals surface area contributed by atoms with Crippen LogP contribution < -0.4 is 5.32 Å². The number of aromatic nitrogens is 5. The van der Waals surface area contributed by atoms with Crippen LogP contribution in [0.1, 0.15) is 43.8 Å². The number of nitriles is 1. The van der Waals surface area contributed by atoms with Crippen molar-refractivity contribution in [2.75, 3.05) is 5.32 Å². The first kappa shape index (κ1) is 15.6. The molecule has 0 aliphatic heterocycles. The van der Waals surface area contributed by atoms with E-state index in [9.17, 15) is 0 Å². The quantitative estimate of drug-likeness (QED) is 0.755. The maximum absolute atomic E-state index is 8.87. The number of anilines is 2. The summed E-state index contributed by atoms with van der Waals surface area (Å²) in [5.74, 6) is 2.07. The molecule has 1 fully saturated rings. The van der Waals surface area contributed by atoms with Gasteiger partial charge in [0.05, 0.1) is 12.4 Å². The summed E-state index contributed by atoms with van der Waals surface area (Å²) in [4.78, 5) is 9.25. The van der Waals surface area contributed by atoms with Crippen LogP contribution in [-0.2, 0) is 0 Å². The molecule has 7 heteroatoms. The molecule has 0 unspecified atom stereocenters. The fourth-order valence-corrected chi connectivity index (χ4v) is 3.62. The summed E-state index contributed by atoms with van der Waals surface area (Å²) >= 11 is 0. The highest BCUT2D eigenvalue weighted by Crippen LogP contribution is 2.35. The highest BCUT2D eigenvalue weighted by Gasteiger charge is 2.23. The molecule has 2 N–H and O–H groups in total. The Morgan fingerprint density at radius 2 is 2.12 bits per heavy atom. The van der Waals surface area contributed by atoms with Gasteiger partial charge in [-0.1, -0.05) is 0 Å². The topological polar surface area (TPSA) is 95.2 Å². The summed E-state index contributed by atoms with van der Waals surface area (Å²) in [7, 11) is 0. The van der Waals surface area contributed by atoms with E-state index in [4.69, 9.17) is 10.2 Å². The third kappa shape index (κ3) is 3.20. The van der Waals surface area contributed by atoms with Crippen molar-refractivity contribution in [1.82, 2.24) is 24.7 Å². The average Bonchev–Trinajstić information content (AvgIpc) is 3.22. The number of nitrogens with zero attached hydrogens (tertiary/aromatic N) is 5. The number of H-pyrrole nitrogens is 1. The fourth-order valence-electron chi connectivity index (χ4n) is 3.62. The SMILES string of the molecule is Cc1cc(Nc2ccc3ncn([C@H]4CC[C@H](CC#N)CC4)c3n2)n[nH]1. The normalized spacial score (nSPS) is 20.5. The van der Waals surface area contributed by atoms with Gasteiger partial charge in [0.1, 0.15) is 11.3 Å². The van der Waals surface area contributed by atoms with Gasteiger partial charge in [0.25, 0.3) is 0 Å². The second-order valence-electron chi connectivity index (χ2n) is 6.79. The summed E-state index contributed by atoms with van der Waals surface area (Å²) < 4.78 is 2.19. The Balaban J connectivity index is 1.56. The van der Waals surface area contributed by atoms with Gasteiger partial charge in [0.15, 0.2) is 11.5 Å². The Bertz CT molecular complexity index is 909. The van der Waals surface area contributed by atoms with Crippen LogP contribution >= 0.6 is 0 Å². The Kier molecular flexibility index (Phi) is 4.10. The van der Waals surface area contributed by atoms with Gasteiger partial charge in [-0.2, -0.15) is 10.4 Å². The smallest absolute Gasteiger partial charge is 0.162 e. The van der Waals surface area contributed by atoms with Gasteiger partial charge in [-0.3, -0.25) is 5.10 Å². The minimum Gasteiger partial charge on any atom is -0.323 e. The largest absolute Gasteiger partial charge is 0.323 e. The summed E-state index contributed by atoms with van der Waals surface area (Å²) in [6.07, 6.45) is 6.93. The molecule has 0 spiro atoms. The molecule has 7 nitrogen and oxygen atoms in total. The molecule has 3 aromatic heterocycles. The molecule has 25 heavy (non-hydrogen) atoms. The molecular weight excluding hydrogens is 314 g/mol. The molecule has 1 aliphatic rings. The molecule has 1 saturated carbocycles. The van der Waals surface area contributed by atoms with Crippen LogP contribution in [0.2, 0.25) is 0 Å². The lowest BCUT2D eigenvalue weighted by molar-refractivity contribution is 0.281. The van der Waals surface area contributed by atoms with Crippen molar-refractivity contribution in [1.29, 1.82) is 5.26 Å². The number of aryl methyl sites for hydroxylation is 1. The maximum atomic E-state index is 8.87. The molecule has 4 rings (SSSR count). The predicted octanol–water partition coefficient (Wildman–Crippen LogP) is 3.85. The Hall–Kier alpha value is -2.88. The lowest BCUT2D eigenvalue weighted by Crippen LogP contribution is -2.17. The zero-order valence-corrected chi connectivity index (χ0v) is 14.2. The predicted molar refractivity (Wildman–Crippen MR) is 95.4 cm³/mol. The number of hydrogen-bond acceptors (Lipinski definition) is 5. The van der Waals surface area contributed by atoms with E-state index in [2.05, 4.69) is 31.1 Å². The van der Waals surface area contributed by atoms with Gasteiger partial charge < -0.3 is 9.88 Å². The Labute approximate surface area is 146 Å². The van der Waals surface area contributed by atoms with Gasteiger partial charge in [-0.05, 0) is 50.7 Å². The van der Waals surface area contributed by atoms with E-state index in [1.54, 1.807) is 0 Å². The molecule has 0 bridgehead atoms. The van der Waals surface area contributed by atoms with Crippen molar-refractivity contribution >= 4 is 22.8 Å². The van der Waals surface area contributed by atoms with Crippen LogP contribution in [0.3, 0.4) is 0 Å². The summed E-state index contributed by atoms with van der Waals surface area (Å²) in [6.45, 7) is 1.96. The van der Waals surface area contributed by atoms with Gasteiger partial charge in [0, 0.05) is 24.2 Å². The van der Waals surface area contributed by atoms with Crippen molar-refractivity contribution in [3.8, 4) is 6.07 Å². The lowest BCUT2D eigenvalue weighted by Gasteiger charge is -2.28. The Morgan fingerprint density at radius 1 is 1.28 bits per heavy atom. The van der Waals surface area contributed by atoms with E-state index in [-0.39, 0.29) is 0 Å². The van der Waals surface area contributed by atoms with Crippen LogP contribution in [0.15, 0.2) is 24.5 Å². The highest BCUT2D eigenvalue weighted by molar-refractivity contribution is 5.74. The highest BCUT2D eigenvalue weighted by atomic mass is 15.2. The Morgan fingerprint density at radius 3 is 2.84 bits per heavy atom. The van der Waals surface area contributed by atoms with Gasteiger partial charge in [0.2, 0.25) is 0 Å². The molecule has 0 atom stereocenters. The van der Waals surface area contributed by atoms with Crippen molar-refractivity contribution in [2.45, 2.75) is 45.1 Å². The molecule has 0 aromatic carbocycles. The maximum Gasteiger partial charge on any atom is 0.162 e. The first-order chi connectivity index (χ1) is 12.2. The van der Waals surface area contributed by atoms with E-state index in [1.165, 1.54) is 0 Å². The van der Waals surface area contributed by atoms with Crippen LogP contribution in [0, 0.1) is 24.2 Å². The number of rotatable bonds is 4. The minimum atomic E-state index is 0.412. The molecule has 1 aliphatic carbocycles. The summed E-state index contributed by atoms with van der Waals surface area (Å²) in [5, 5.41) is 19.2. The van der Waals surface area contributed by atoms with Crippen LogP contribution in [0.5, 0.6) is 0 Å². The minimum absolute atomic E-state index is 0.412. The van der Waals surface area contributed by atoms with E-state index in [0.29, 0.717) is 18.4 Å². The lowest BCUT2D eigenvalue weighted by atomic mass is 9.84. The summed E-state index contributed by atoms with van der Waals surface area (Å²) in [5.41, 5.74) is 2.81. The standard InChI is InChI=1S/C18H21N7/c1-12-10-17(24-23-12)21-16-7-6-15-18(22-16)25(11-20-15)14-4-2-13(3-5-14)8-9-19/h6-7,10-11,13-14H,2-5,8H2,1H3,(H2,21,22,23,24)/t13-,14-. The zero-order valence-electron chi connectivity index (χ0n) is 14.2. The first-order valence-electron chi connectivity index (χ1n) is 8.72. The average molecular weight is 335 g/mol. The van der Waals surface area contributed by atoms with Crippen LogP contribution in [-0.4, -0.2) is 24.7 Å². The number of aromatic amines is 1. The number of imidazole rings is 1.